The van der Waals surface area contributed by atoms with Crippen LogP contribution in [0.15, 0.2) is 47.4 Å². The average molecular weight is 345 g/mol. The molecule has 2 aromatic carbocycles. The quantitative estimate of drug-likeness (QED) is 0.357. The van der Waals surface area contributed by atoms with Crippen molar-refractivity contribution in [2.75, 3.05) is 11.1 Å². The van der Waals surface area contributed by atoms with Crippen LogP contribution in [-0.4, -0.2) is 16.1 Å². The van der Waals surface area contributed by atoms with E-state index in [2.05, 4.69) is 5.32 Å². The number of nitro benzene ring substituents is 1. The third kappa shape index (κ3) is 4.48. The van der Waals surface area contributed by atoms with Crippen molar-refractivity contribution in [1.82, 2.24) is 0 Å². The van der Waals surface area contributed by atoms with Crippen molar-refractivity contribution >= 4 is 34.7 Å². The molecule has 24 heavy (non-hydrogen) atoms. The molecule has 0 aromatic heterocycles. The lowest BCUT2D eigenvalue weighted by Crippen LogP contribution is -2.25. The minimum absolute atomic E-state index is 0.0462. The summed E-state index contributed by atoms with van der Waals surface area (Å²) >= 11 is 1.44. The number of non-ortho nitro benzene ring substituents is 1. The minimum atomic E-state index is -0.477. The van der Waals surface area contributed by atoms with Gasteiger partial charge in [-0.25, -0.2) is 0 Å². The maximum atomic E-state index is 12.5. The van der Waals surface area contributed by atoms with Crippen molar-refractivity contribution in [1.29, 1.82) is 0 Å². The molecule has 6 nitrogen and oxygen atoms in total. The van der Waals surface area contributed by atoms with Crippen molar-refractivity contribution in [3.05, 3.63) is 58.1 Å². The molecule has 0 fully saturated rings. The van der Waals surface area contributed by atoms with Crippen LogP contribution in [0, 0.1) is 17.0 Å². The highest BCUT2D eigenvalue weighted by Crippen LogP contribution is 2.28. The SMILES string of the molecule is CCC(Sc1ccc(N)cc1)C(=O)Nc1cc([N+](=O)[O-])ccc1C. The van der Waals surface area contributed by atoms with Crippen LogP contribution in [0.1, 0.15) is 18.9 Å². The van der Waals surface area contributed by atoms with E-state index in [0.717, 1.165) is 10.5 Å². The van der Waals surface area contributed by atoms with E-state index in [9.17, 15) is 14.9 Å². The molecule has 0 spiro atoms. The molecule has 0 saturated heterocycles. The number of hydrogen-bond acceptors (Lipinski definition) is 5. The Balaban J connectivity index is 2.13. The summed E-state index contributed by atoms with van der Waals surface area (Å²) in [6.45, 7) is 3.72. The lowest BCUT2D eigenvalue weighted by atomic mass is 10.1. The number of hydrogen-bond donors (Lipinski definition) is 2. The zero-order valence-corrected chi connectivity index (χ0v) is 14.3. The summed E-state index contributed by atoms with van der Waals surface area (Å²) in [6, 6.07) is 11.7. The molecule has 0 radical (unpaired) electrons. The smallest absolute Gasteiger partial charge is 0.271 e. The third-order valence-electron chi connectivity index (χ3n) is 3.51. The van der Waals surface area contributed by atoms with Crippen LogP contribution in [0.25, 0.3) is 0 Å². The number of anilines is 2. The number of nitrogens with two attached hydrogens (primary N) is 1. The highest BCUT2D eigenvalue weighted by Gasteiger charge is 2.19. The Labute approximate surface area is 144 Å². The standard InChI is InChI=1S/C17H19N3O3S/c1-3-16(24-14-8-5-12(18)6-9-14)17(21)19-15-10-13(20(22)23)7-4-11(15)2/h4-10,16H,3,18H2,1-2H3,(H,19,21). The first kappa shape index (κ1) is 17.8. The summed E-state index contributed by atoms with van der Waals surface area (Å²) in [5.41, 5.74) is 7.53. The average Bonchev–Trinajstić information content (AvgIpc) is 2.56. The first-order valence-corrected chi connectivity index (χ1v) is 8.36. The molecule has 7 heteroatoms. The fourth-order valence-electron chi connectivity index (χ4n) is 2.10. The van der Waals surface area contributed by atoms with Crippen molar-refractivity contribution in [2.45, 2.75) is 30.4 Å². The molecule has 0 aliphatic rings. The highest BCUT2D eigenvalue weighted by atomic mass is 32.2. The number of nitro groups is 1. The molecule has 0 bridgehead atoms. The summed E-state index contributed by atoms with van der Waals surface area (Å²) in [6.07, 6.45) is 0.634. The summed E-state index contributed by atoms with van der Waals surface area (Å²) in [4.78, 5) is 23.9. The second-order valence-electron chi connectivity index (χ2n) is 5.33. The second kappa shape index (κ2) is 7.83. The summed E-state index contributed by atoms with van der Waals surface area (Å²) in [5.74, 6) is -0.178. The van der Waals surface area contributed by atoms with Gasteiger partial charge in [0.1, 0.15) is 0 Å². The van der Waals surface area contributed by atoms with Crippen LogP contribution >= 0.6 is 11.8 Å². The van der Waals surface area contributed by atoms with Gasteiger partial charge in [-0.05, 0) is 43.2 Å². The molecule has 126 valence electrons. The van der Waals surface area contributed by atoms with Gasteiger partial charge in [0.15, 0.2) is 0 Å². The van der Waals surface area contributed by atoms with Crippen molar-refractivity contribution in [2.24, 2.45) is 0 Å². The predicted molar refractivity (Wildman–Crippen MR) is 97.3 cm³/mol. The van der Waals surface area contributed by atoms with Crippen LogP contribution in [-0.2, 0) is 4.79 Å². The lowest BCUT2D eigenvalue weighted by Gasteiger charge is -2.16. The Kier molecular flexibility index (Phi) is 5.81. The first-order valence-electron chi connectivity index (χ1n) is 7.48. The number of amides is 1. The van der Waals surface area contributed by atoms with E-state index in [1.54, 1.807) is 25.1 Å². The summed E-state index contributed by atoms with van der Waals surface area (Å²) in [7, 11) is 0. The summed E-state index contributed by atoms with van der Waals surface area (Å²) in [5, 5.41) is 13.4. The molecule has 0 heterocycles. The van der Waals surface area contributed by atoms with Gasteiger partial charge in [0.05, 0.1) is 15.9 Å². The number of aryl methyl sites for hydroxylation is 1. The van der Waals surface area contributed by atoms with Crippen molar-refractivity contribution in [3.8, 4) is 0 Å². The van der Waals surface area contributed by atoms with Gasteiger partial charge in [-0.15, -0.1) is 11.8 Å². The molecular formula is C17H19N3O3S. The number of rotatable bonds is 6. The monoisotopic (exact) mass is 345 g/mol. The largest absolute Gasteiger partial charge is 0.399 e. The first-order chi connectivity index (χ1) is 11.4. The zero-order valence-electron chi connectivity index (χ0n) is 13.5. The van der Waals surface area contributed by atoms with E-state index in [0.29, 0.717) is 17.8 Å². The fourth-order valence-corrected chi connectivity index (χ4v) is 3.06. The predicted octanol–water partition coefficient (Wildman–Crippen LogP) is 3.99. The van der Waals surface area contributed by atoms with Crippen LogP contribution < -0.4 is 11.1 Å². The van der Waals surface area contributed by atoms with Gasteiger partial charge < -0.3 is 11.1 Å². The summed E-state index contributed by atoms with van der Waals surface area (Å²) < 4.78 is 0. The van der Waals surface area contributed by atoms with Gasteiger partial charge in [-0.3, -0.25) is 14.9 Å². The van der Waals surface area contributed by atoms with Gasteiger partial charge in [0, 0.05) is 22.7 Å². The maximum absolute atomic E-state index is 12.5. The Morgan fingerprint density at radius 1 is 1.29 bits per heavy atom. The second-order valence-corrected chi connectivity index (χ2v) is 6.61. The topological polar surface area (TPSA) is 98.3 Å². The van der Waals surface area contributed by atoms with E-state index in [4.69, 9.17) is 5.73 Å². The molecule has 2 rings (SSSR count). The molecule has 3 N–H and O–H groups in total. The Hall–Kier alpha value is -2.54. The number of thioether (sulfide) groups is 1. The molecule has 0 aliphatic carbocycles. The number of nitrogens with one attached hydrogen (secondary N) is 1. The van der Waals surface area contributed by atoms with Gasteiger partial charge in [-0.1, -0.05) is 13.0 Å². The van der Waals surface area contributed by atoms with Crippen LogP contribution in [0.3, 0.4) is 0 Å². The Morgan fingerprint density at radius 3 is 2.54 bits per heavy atom. The normalized spacial score (nSPS) is 11.8. The Bertz CT molecular complexity index is 747. The highest BCUT2D eigenvalue weighted by molar-refractivity contribution is 8.00. The van der Waals surface area contributed by atoms with E-state index >= 15 is 0 Å². The van der Waals surface area contributed by atoms with E-state index in [1.807, 2.05) is 19.1 Å². The minimum Gasteiger partial charge on any atom is -0.399 e. The van der Waals surface area contributed by atoms with Gasteiger partial charge >= 0.3 is 0 Å². The molecular weight excluding hydrogens is 326 g/mol. The van der Waals surface area contributed by atoms with Crippen LogP contribution in [0.2, 0.25) is 0 Å². The number of carbonyl (C=O) groups excluding carboxylic acids is 1. The molecule has 2 aromatic rings. The number of nitrogen functional groups attached to an aromatic ring is 1. The van der Waals surface area contributed by atoms with Gasteiger partial charge in [0.2, 0.25) is 5.91 Å². The molecule has 0 aliphatic heterocycles. The number of nitrogens with zero attached hydrogens (tertiary/aromatic N) is 1. The number of carbonyl (C=O) groups is 1. The number of benzene rings is 2. The van der Waals surface area contributed by atoms with Crippen molar-refractivity contribution < 1.29 is 9.72 Å². The van der Waals surface area contributed by atoms with Crippen LogP contribution in [0.5, 0.6) is 0 Å². The molecule has 0 saturated carbocycles. The fraction of sp³-hybridized carbons (Fsp3) is 0.235. The molecule has 1 amide bonds. The van der Waals surface area contributed by atoms with Gasteiger partial charge in [-0.2, -0.15) is 0 Å². The lowest BCUT2D eigenvalue weighted by molar-refractivity contribution is -0.384. The Morgan fingerprint density at radius 2 is 1.96 bits per heavy atom. The third-order valence-corrected chi connectivity index (χ3v) is 4.89. The van der Waals surface area contributed by atoms with E-state index in [1.165, 1.54) is 23.9 Å². The molecule has 1 atom stereocenters. The van der Waals surface area contributed by atoms with Crippen LogP contribution in [0.4, 0.5) is 17.1 Å². The van der Waals surface area contributed by atoms with Crippen molar-refractivity contribution in [3.63, 3.8) is 0 Å². The van der Waals surface area contributed by atoms with E-state index < -0.39 is 4.92 Å². The van der Waals surface area contributed by atoms with E-state index in [-0.39, 0.29) is 16.8 Å². The van der Waals surface area contributed by atoms with Gasteiger partial charge in [0.25, 0.3) is 5.69 Å². The maximum Gasteiger partial charge on any atom is 0.271 e. The molecule has 1 unspecified atom stereocenters. The zero-order chi connectivity index (χ0) is 17.7.